The van der Waals surface area contributed by atoms with Crippen molar-refractivity contribution in [3.8, 4) is 0 Å². The van der Waals surface area contributed by atoms with Crippen molar-refractivity contribution in [1.82, 2.24) is 0 Å². The van der Waals surface area contributed by atoms with Gasteiger partial charge in [0, 0.05) is 0 Å². The van der Waals surface area contributed by atoms with Crippen LogP contribution >= 0.6 is 0 Å². The fourth-order valence-electron chi connectivity index (χ4n) is 1.10. The van der Waals surface area contributed by atoms with E-state index in [2.05, 4.69) is 0 Å². The molecular formula is C11H19NO9. The third kappa shape index (κ3) is 12.6. The number of quaternary nitrogens is 1. The van der Waals surface area contributed by atoms with Gasteiger partial charge in [0.2, 0.25) is 0 Å². The molecule has 0 spiro atoms. The molecule has 0 amide bonds. The van der Waals surface area contributed by atoms with Crippen LogP contribution in [-0.2, 0) is 19.2 Å². The van der Waals surface area contributed by atoms with Crippen molar-refractivity contribution in [3.63, 3.8) is 0 Å². The van der Waals surface area contributed by atoms with Gasteiger partial charge in [0.25, 0.3) is 0 Å². The van der Waals surface area contributed by atoms with E-state index in [1.165, 1.54) is 0 Å². The molecule has 0 heterocycles. The molecule has 0 aromatic rings. The van der Waals surface area contributed by atoms with Crippen LogP contribution in [-0.4, -0.2) is 82.1 Å². The molecular weight excluding hydrogens is 290 g/mol. The molecule has 10 nitrogen and oxygen atoms in total. The molecule has 122 valence electrons. The Morgan fingerprint density at radius 1 is 0.952 bits per heavy atom. The van der Waals surface area contributed by atoms with Crippen molar-refractivity contribution in [2.45, 2.75) is 18.4 Å². The van der Waals surface area contributed by atoms with E-state index in [-0.39, 0.29) is 6.54 Å². The Morgan fingerprint density at radius 2 is 1.29 bits per heavy atom. The van der Waals surface area contributed by atoms with Crippen molar-refractivity contribution in [3.05, 3.63) is 0 Å². The lowest BCUT2D eigenvalue weighted by Gasteiger charge is -2.23. The van der Waals surface area contributed by atoms with Crippen LogP contribution in [0.15, 0.2) is 0 Å². The lowest BCUT2D eigenvalue weighted by atomic mass is 9.96. The van der Waals surface area contributed by atoms with Crippen LogP contribution in [0.25, 0.3) is 0 Å². The Bertz CT molecular complexity index is 394. The summed E-state index contributed by atoms with van der Waals surface area (Å²) in [5.41, 5.74) is -2.74. The summed E-state index contributed by atoms with van der Waals surface area (Å²) >= 11 is 0. The average Bonchev–Trinajstić information content (AvgIpc) is 2.10. The smallest absolute Gasteiger partial charge is 0.336 e. The normalized spacial score (nSPS) is 11.0. The van der Waals surface area contributed by atoms with Gasteiger partial charge in [-0.15, -0.1) is 0 Å². The molecule has 0 aromatic carbocycles. The van der Waals surface area contributed by atoms with Crippen LogP contribution in [0, 0.1) is 0 Å². The van der Waals surface area contributed by atoms with Crippen LogP contribution in [0.3, 0.4) is 0 Å². The van der Waals surface area contributed by atoms with Gasteiger partial charge in [-0.1, -0.05) is 0 Å². The van der Waals surface area contributed by atoms with E-state index in [4.69, 9.17) is 20.4 Å². The number of likely N-dealkylation sites (N-methyl/N-ethyl adjacent to an activating group) is 1. The number of carbonyl (C=O) groups is 4. The van der Waals surface area contributed by atoms with Gasteiger partial charge in [0.1, 0.15) is 6.54 Å². The monoisotopic (exact) mass is 309 g/mol. The van der Waals surface area contributed by atoms with Crippen molar-refractivity contribution in [2.75, 3.05) is 27.7 Å². The number of hydrogen-bond acceptors (Lipinski definition) is 6. The second kappa shape index (κ2) is 8.17. The van der Waals surface area contributed by atoms with Gasteiger partial charge >= 0.3 is 17.9 Å². The zero-order valence-corrected chi connectivity index (χ0v) is 11.9. The van der Waals surface area contributed by atoms with Crippen LogP contribution < -0.4 is 5.11 Å². The third-order valence-corrected chi connectivity index (χ3v) is 1.89. The third-order valence-electron chi connectivity index (χ3n) is 1.89. The number of carbonyl (C=O) groups excluding carboxylic acids is 1. The van der Waals surface area contributed by atoms with E-state index in [9.17, 15) is 24.3 Å². The largest absolute Gasteiger partial charge is 0.544 e. The summed E-state index contributed by atoms with van der Waals surface area (Å²) < 4.78 is 0.419. The number of nitrogens with zero attached hydrogens (tertiary/aromatic N) is 1. The van der Waals surface area contributed by atoms with E-state index in [1.54, 1.807) is 21.1 Å². The summed E-state index contributed by atoms with van der Waals surface area (Å²) in [5, 5.41) is 43.7. The molecule has 0 atom stereocenters. The van der Waals surface area contributed by atoms with Gasteiger partial charge in [0.15, 0.2) is 5.60 Å². The molecule has 0 aliphatic carbocycles. The van der Waals surface area contributed by atoms with Gasteiger partial charge in [0.05, 0.1) is 40.0 Å². The average molecular weight is 309 g/mol. The topological polar surface area (TPSA) is 172 Å². The Labute approximate surface area is 120 Å². The first-order valence-corrected chi connectivity index (χ1v) is 5.59. The highest BCUT2D eigenvalue weighted by molar-refractivity contribution is 5.88. The van der Waals surface area contributed by atoms with Gasteiger partial charge in [-0.3, -0.25) is 9.59 Å². The lowest BCUT2D eigenvalue weighted by Crippen LogP contribution is -2.45. The highest BCUT2D eigenvalue weighted by Crippen LogP contribution is 2.15. The fraction of sp³-hybridized carbons (Fsp3) is 0.636. The predicted octanol–water partition coefficient (Wildman–Crippen LogP) is -2.81. The minimum Gasteiger partial charge on any atom is -0.544 e. The number of carboxylic acids is 4. The second-order valence-corrected chi connectivity index (χ2v) is 5.30. The molecule has 0 unspecified atom stereocenters. The molecule has 10 heteroatoms. The van der Waals surface area contributed by atoms with Crippen molar-refractivity contribution >= 4 is 23.9 Å². The van der Waals surface area contributed by atoms with Gasteiger partial charge in [-0.2, -0.15) is 0 Å². The molecule has 0 fully saturated rings. The number of aliphatic hydroxyl groups is 1. The molecule has 21 heavy (non-hydrogen) atoms. The maximum atomic E-state index is 10.3. The fourth-order valence-corrected chi connectivity index (χ4v) is 1.10. The van der Waals surface area contributed by atoms with Crippen molar-refractivity contribution in [2.24, 2.45) is 0 Å². The van der Waals surface area contributed by atoms with Gasteiger partial charge < -0.3 is 34.8 Å². The van der Waals surface area contributed by atoms with Gasteiger partial charge in [-0.25, -0.2) is 4.79 Å². The van der Waals surface area contributed by atoms with E-state index >= 15 is 0 Å². The standard InChI is InChI=1S/C6H8O7.C5H11NO2/c7-3(8)1-6(13,5(11)12)2-4(9)10;1-6(2,3)4-5(7)8/h13H,1-2H2,(H,7,8)(H,9,10)(H,11,12);4H2,1-3H3. The summed E-state index contributed by atoms with van der Waals surface area (Å²) in [6.07, 6.45) is -2.29. The quantitative estimate of drug-likeness (QED) is 0.362. The zero-order chi connectivity index (χ0) is 17.4. The first-order chi connectivity index (χ1) is 9.19. The summed E-state index contributed by atoms with van der Waals surface area (Å²) in [5.74, 6) is -6.02. The molecule has 4 N–H and O–H groups in total. The lowest BCUT2D eigenvalue weighted by molar-refractivity contribution is -0.864. The van der Waals surface area contributed by atoms with Crippen molar-refractivity contribution in [1.29, 1.82) is 0 Å². The molecule has 0 radical (unpaired) electrons. The Morgan fingerprint density at radius 3 is 1.38 bits per heavy atom. The van der Waals surface area contributed by atoms with Crippen LogP contribution in [0.2, 0.25) is 0 Å². The molecule has 0 saturated carbocycles. The number of carboxylic acid groups (broad SMARTS) is 4. The van der Waals surface area contributed by atoms with Gasteiger partial charge in [-0.05, 0) is 0 Å². The van der Waals surface area contributed by atoms with Crippen LogP contribution in [0.4, 0.5) is 0 Å². The summed E-state index contributed by atoms with van der Waals surface area (Å²) in [6.45, 7) is 0.0694. The molecule has 0 aliphatic rings. The highest BCUT2D eigenvalue weighted by atomic mass is 16.4. The maximum absolute atomic E-state index is 10.3. The molecule has 0 saturated heterocycles. The Balaban J connectivity index is 0. The predicted molar refractivity (Wildman–Crippen MR) is 65.0 cm³/mol. The highest BCUT2D eigenvalue weighted by Gasteiger charge is 2.40. The van der Waals surface area contributed by atoms with E-state index in [0.29, 0.717) is 4.48 Å². The molecule has 0 rings (SSSR count). The Hall–Kier alpha value is -2.20. The van der Waals surface area contributed by atoms with E-state index < -0.39 is 42.3 Å². The minimum atomic E-state index is -2.74. The maximum Gasteiger partial charge on any atom is 0.336 e. The number of rotatable bonds is 7. The summed E-state index contributed by atoms with van der Waals surface area (Å²) in [4.78, 5) is 40.4. The Kier molecular flexibility index (Phi) is 8.21. The second-order valence-electron chi connectivity index (χ2n) is 5.30. The molecule has 0 aliphatic heterocycles. The summed E-state index contributed by atoms with van der Waals surface area (Å²) in [6, 6.07) is 0. The van der Waals surface area contributed by atoms with E-state index in [1.807, 2.05) is 0 Å². The number of aliphatic carboxylic acids is 4. The molecule has 0 aromatic heterocycles. The van der Waals surface area contributed by atoms with Crippen LogP contribution in [0.1, 0.15) is 12.8 Å². The number of hydrogen-bond donors (Lipinski definition) is 4. The van der Waals surface area contributed by atoms with Crippen LogP contribution in [0.5, 0.6) is 0 Å². The SMILES string of the molecule is C[N+](C)(C)CC(=O)[O-].O=C(O)CC(O)(CC(=O)O)C(=O)O. The zero-order valence-electron chi connectivity index (χ0n) is 11.9. The van der Waals surface area contributed by atoms with E-state index in [0.717, 1.165) is 0 Å². The minimum absolute atomic E-state index is 0.0694. The van der Waals surface area contributed by atoms with Crippen molar-refractivity contribution < 1.29 is 49.2 Å². The first kappa shape index (κ1) is 21.1. The first-order valence-electron chi connectivity index (χ1n) is 5.59. The molecule has 0 bridgehead atoms. The summed E-state index contributed by atoms with van der Waals surface area (Å²) in [7, 11) is 5.40.